The first-order valence-corrected chi connectivity index (χ1v) is 6.98. The number of hydrogen-bond donors (Lipinski definition) is 2. The van der Waals surface area contributed by atoms with Crippen LogP contribution >= 0.6 is 11.6 Å². The molecule has 2 amide bonds. The largest absolute Gasteiger partial charge is 0.355 e. The molecule has 0 radical (unpaired) electrons. The van der Waals surface area contributed by atoms with Crippen molar-refractivity contribution in [3.8, 4) is 0 Å². The Hall–Kier alpha value is -1.59. The second-order valence-electron chi connectivity index (χ2n) is 4.78. The van der Waals surface area contributed by atoms with Gasteiger partial charge in [0.05, 0.1) is 5.92 Å². The number of benzene rings is 1. The molecular weight excluding hydrogens is 278 g/mol. The second kappa shape index (κ2) is 6.72. The molecule has 5 nitrogen and oxygen atoms in total. The average molecular weight is 296 g/mol. The van der Waals surface area contributed by atoms with Crippen molar-refractivity contribution in [2.45, 2.75) is 6.42 Å². The lowest BCUT2D eigenvalue weighted by molar-refractivity contribution is -0.126. The van der Waals surface area contributed by atoms with Crippen molar-refractivity contribution in [2.75, 3.05) is 31.6 Å². The van der Waals surface area contributed by atoms with Crippen molar-refractivity contribution >= 4 is 29.1 Å². The number of halogens is 1. The summed E-state index contributed by atoms with van der Waals surface area (Å²) in [6.45, 7) is 1.71. The number of rotatable bonds is 5. The predicted octanol–water partition coefficient (Wildman–Crippen LogP) is 1.03. The number of carbonyl (C=O) groups excluding carboxylic acids is 2. The quantitative estimate of drug-likeness (QED) is 0.798. The number of carbonyl (C=O) groups is 2. The summed E-state index contributed by atoms with van der Waals surface area (Å²) < 4.78 is 0. The van der Waals surface area contributed by atoms with Gasteiger partial charge in [-0.05, 0) is 31.3 Å². The van der Waals surface area contributed by atoms with Crippen LogP contribution in [0.3, 0.4) is 0 Å². The van der Waals surface area contributed by atoms with Crippen LogP contribution in [-0.4, -0.2) is 38.5 Å². The molecule has 0 saturated carbocycles. The monoisotopic (exact) mass is 295 g/mol. The molecule has 1 heterocycles. The van der Waals surface area contributed by atoms with Gasteiger partial charge in [-0.25, -0.2) is 0 Å². The van der Waals surface area contributed by atoms with Crippen LogP contribution in [0.1, 0.15) is 6.42 Å². The van der Waals surface area contributed by atoms with Crippen LogP contribution in [0, 0.1) is 5.92 Å². The van der Waals surface area contributed by atoms with Gasteiger partial charge in [-0.1, -0.05) is 11.6 Å². The number of nitrogens with one attached hydrogen (secondary N) is 2. The first-order chi connectivity index (χ1) is 9.61. The summed E-state index contributed by atoms with van der Waals surface area (Å²) in [5.74, 6) is -0.374. The third kappa shape index (κ3) is 3.49. The highest BCUT2D eigenvalue weighted by molar-refractivity contribution is 6.30. The van der Waals surface area contributed by atoms with Crippen LogP contribution in [-0.2, 0) is 9.59 Å². The molecule has 1 fully saturated rings. The minimum Gasteiger partial charge on any atom is -0.355 e. The van der Waals surface area contributed by atoms with E-state index in [2.05, 4.69) is 10.6 Å². The van der Waals surface area contributed by atoms with Crippen LogP contribution in [0.25, 0.3) is 0 Å². The molecule has 1 saturated heterocycles. The Kier molecular flexibility index (Phi) is 4.98. The van der Waals surface area contributed by atoms with E-state index in [0.717, 1.165) is 5.69 Å². The van der Waals surface area contributed by atoms with Gasteiger partial charge in [-0.2, -0.15) is 0 Å². The predicted molar refractivity (Wildman–Crippen MR) is 78.8 cm³/mol. The number of likely N-dealkylation sites (N-methyl/N-ethyl adjacent to an activating group) is 1. The van der Waals surface area contributed by atoms with Gasteiger partial charge >= 0.3 is 0 Å². The Labute approximate surface area is 123 Å². The van der Waals surface area contributed by atoms with Gasteiger partial charge in [0.25, 0.3) is 0 Å². The van der Waals surface area contributed by atoms with Gasteiger partial charge in [0, 0.05) is 36.8 Å². The average Bonchev–Trinajstić information content (AvgIpc) is 2.82. The Morgan fingerprint density at radius 2 is 2.05 bits per heavy atom. The molecule has 1 atom stereocenters. The number of anilines is 1. The molecule has 20 heavy (non-hydrogen) atoms. The summed E-state index contributed by atoms with van der Waals surface area (Å²) in [5, 5.41) is 6.41. The van der Waals surface area contributed by atoms with Crippen molar-refractivity contribution in [1.29, 1.82) is 0 Å². The molecule has 1 aromatic rings. The Morgan fingerprint density at radius 3 is 2.70 bits per heavy atom. The molecule has 0 aromatic heterocycles. The van der Waals surface area contributed by atoms with Crippen LogP contribution < -0.4 is 15.5 Å². The van der Waals surface area contributed by atoms with Gasteiger partial charge in [0.2, 0.25) is 11.8 Å². The van der Waals surface area contributed by atoms with Gasteiger partial charge in [-0.3, -0.25) is 9.59 Å². The highest BCUT2D eigenvalue weighted by Crippen LogP contribution is 2.26. The second-order valence-corrected chi connectivity index (χ2v) is 5.21. The first kappa shape index (κ1) is 14.8. The van der Waals surface area contributed by atoms with Gasteiger partial charge < -0.3 is 15.5 Å². The van der Waals surface area contributed by atoms with E-state index >= 15 is 0 Å². The maximum atomic E-state index is 12.0. The van der Waals surface area contributed by atoms with Gasteiger partial charge in [0.15, 0.2) is 0 Å². The molecule has 1 aliphatic rings. The number of hydrogen-bond acceptors (Lipinski definition) is 3. The van der Waals surface area contributed by atoms with Crippen LogP contribution in [0.2, 0.25) is 5.02 Å². The molecule has 6 heteroatoms. The van der Waals surface area contributed by atoms with E-state index in [0.29, 0.717) is 24.7 Å². The Balaban J connectivity index is 1.96. The molecule has 2 rings (SSSR count). The highest BCUT2D eigenvalue weighted by Gasteiger charge is 2.34. The lowest BCUT2D eigenvalue weighted by Gasteiger charge is -2.16. The summed E-state index contributed by atoms with van der Waals surface area (Å²) in [5.41, 5.74) is 0.782. The Morgan fingerprint density at radius 1 is 1.35 bits per heavy atom. The van der Waals surface area contributed by atoms with E-state index in [-0.39, 0.29) is 24.2 Å². The SMILES string of the molecule is CNCCNC(=O)C1CC(=O)N(c2ccc(Cl)cc2)C1. The van der Waals surface area contributed by atoms with Crippen LogP contribution in [0.4, 0.5) is 5.69 Å². The van der Waals surface area contributed by atoms with E-state index in [9.17, 15) is 9.59 Å². The molecule has 2 N–H and O–H groups in total. The maximum Gasteiger partial charge on any atom is 0.227 e. The maximum absolute atomic E-state index is 12.0. The molecule has 108 valence electrons. The zero-order valence-corrected chi connectivity index (χ0v) is 12.1. The minimum atomic E-state index is -0.282. The smallest absolute Gasteiger partial charge is 0.227 e. The standard InChI is InChI=1S/C14H18ClN3O2/c1-16-6-7-17-14(20)10-8-13(19)18(9-10)12-4-2-11(15)3-5-12/h2-5,10,16H,6-9H2,1H3,(H,17,20). The highest BCUT2D eigenvalue weighted by atomic mass is 35.5. The molecule has 0 aliphatic carbocycles. The van der Waals surface area contributed by atoms with E-state index in [1.807, 2.05) is 7.05 Å². The van der Waals surface area contributed by atoms with Crippen molar-refractivity contribution in [3.05, 3.63) is 29.3 Å². The van der Waals surface area contributed by atoms with Gasteiger partial charge in [-0.15, -0.1) is 0 Å². The first-order valence-electron chi connectivity index (χ1n) is 6.60. The molecule has 1 aromatic carbocycles. The molecule has 1 unspecified atom stereocenters. The zero-order chi connectivity index (χ0) is 14.5. The topological polar surface area (TPSA) is 61.4 Å². The fourth-order valence-electron chi connectivity index (χ4n) is 2.21. The fraction of sp³-hybridized carbons (Fsp3) is 0.429. The zero-order valence-electron chi connectivity index (χ0n) is 11.4. The summed E-state index contributed by atoms with van der Waals surface area (Å²) >= 11 is 5.83. The molecule has 1 aliphatic heterocycles. The van der Waals surface area contributed by atoms with Crippen LogP contribution in [0.5, 0.6) is 0 Å². The van der Waals surface area contributed by atoms with Crippen molar-refractivity contribution < 1.29 is 9.59 Å². The van der Waals surface area contributed by atoms with E-state index in [4.69, 9.17) is 11.6 Å². The molecule has 0 bridgehead atoms. The van der Waals surface area contributed by atoms with Crippen molar-refractivity contribution in [2.24, 2.45) is 5.92 Å². The van der Waals surface area contributed by atoms with E-state index in [1.165, 1.54) is 0 Å². The van der Waals surface area contributed by atoms with Crippen molar-refractivity contribution in [1.82, 2.24) is 10.6 Å². The number of amides is 2. The van der Waals surface area contributed by atoms with Crippen molar-refractivity contribution in [3.63, 3.8) is 0 Å². The summed E-state index contributed by atoms with van der Waals surface area (Å²) in [6, 6.07) is 7.07. The lowest BCUT2D eigenvalue weighted by Crippen LogP contribution is -2.36. The minimum absolute atomic E-state index is 0.0268. The molecule has 0 spiro atoms. The molecular formula is C14H18ClN3O2. The summed E-state index contributed by atoms with van der Waals surface area (Å²) in [7, 11) is 1.83. The van der Waals surface area contributed by atoms with Crippen LogP contribution in [0.15, 0.2) is 24.3 Å². The van der Waals surface area contributed by atoms with E-state index < -0.39 is 0 Å². The summed E-state index contributed by atoms with van der Waals surface area (Å²) in [4.78, 5) is 25.6. The fourth-order valence-corrected chi connectivity index (χ4v) is 2.33. The Bertz CT molecular complexity index is 490. The summed E-state index contributed by atoms with van der Waals surface area (Å²) in [6.07, 6.45) is 0.258. The third-order valence-corrected chi connectivity index (χ3v) is 3.56. The normalized spacial score (nSPS) is 18.4. The van der Waals surface area contributed by atoms with Gasteiger partial charge in [0.1, 0.15) is 0 Å². The lowest BCUT2D eigenvalue weighted by atomic mass is 10.1. The third-order valence-electron chi connectivity index (χ3n) is 3.31. The van der Waals surface area contributed by atoms with E-state index in [1.54, 1.807) is 29.2 Å². The number of nitrogens with zero attached hydrogens (tertiary/aromatic N) is 1.